The molecule has 0 saturated carbocycles. The molecule has 1 amide bonds. The van der Waals surface area contributed by atoms with Crippen LogP contribution in [-0.2, 0) is 11.3 Å². The normalized spacial score (nSPS) is 14.4. The maximum absolute atomic E-state index is 11.4. The molecule has 0 unspecified atom stereocenters. The number of fused-ring (bicyclic) bond motifs is 1. The summed E-state index contributed by atoms with van der Waals surface area (Å²) in [5.41, 5.74) is 4.28. The van der Waals surface area contributed by atoms with Crippen LogP contribution in [0.25, 0.3) is 22.6 Å². The maximum Gasteiger partial charge on any atom is 0.257 e. The van der Waals surface area contributed by atoms with Crippen molar-refractivity contribution in [2.45, 2.75) is 25.4 Å². The van der Waals surface area contributed by atoms with Gasteiger partial charge in [0.15, 0.2) is 12.3 Å². The number of hydrogen-bond donors (Lipinski definition) is 3. The zero-order valence-electron chi connectivity index (χ0n) is 21.5. The van der Waals surface area contributed by atoms with Gasteiger partial charge in [0.2, 0.25) is 0 Å². The Labute approximate surface area is 226 Å². The van der Waals surface area contributed by atoms with Gasteiger partial charge in [0.1, 0.15) is 22.8 Å². The molecule has 198 valence electrons. The van der Waals surface area contributed by atoms with Crippen LogP contribution in [0.1, 0.15) is 18.4 Å². The van der Waals surface area contributed by atoms with Crippen molar-refractivity contribution < 1.29 is 14.3 Å². The summed E-state index contributed by atoms with van der Waals surface area (Å²) < 4.78 is 11.0. The molecule has 2 aromatic heterocycles. The third kappa shape index (κ3) is 5.84. The molecule has 2 aromatic carbocycles. The molecule has 1 saturated heterocycles. The van der Waals surface area contributed by atoms with Crippen LogP contribution < -0.4 is 20.1 Å². The van der Waals surface area contributed by atoms with Crippen LogP contribution in [0.3, 0.4) is 0 Å². The highest BCUT2D eigenvalue weighted by molar-refractivity contribution is 6.34. The van der Waals surface area contributed by atoms with E-state index in [0.717, 1.165) is 55.0 Å². The van der Waals surface area contributed by atoms with E-state index in [2.05, 4.69) is 42.6 Å². The van der Waals surface area contributed by atoms with Gasteiger partial charge < -0.3 is 25.1 Å². The van der Waals surface area contributed by atoms with Crippen molar-refractivity contribution in [3.05, 3.63) is 65.3 Å². The highest BCUT2D eigenvalue weighted by Crippen LogP contribution is 2.33. The number of imidazole rings is 1. The number of benzene rings is 2. The van der Waals surface area contributed by atoms with Gasteiger partial charge in [0.05, 0.1) is 24.0 Å². The van der Waals surface area contributed by atoms with Gasteiger partial charge >= 0.3 is 0 Å². The number of aromatic nitrogens is 3. The third-order valence-electron chi connectivity index (χ3n) is 6.77. The Morgan fingerprint density at radius 2 is 1.92 bits per heavy atom. The van der Waals surface area contributed by atoms with Crippen LogP contribution in [-0.4, -0.2) is 65.7 Å². The summed E-state index contributed by atoms with van der Waals surface area (Å²) in [7, 11) is 3.29. The molecule has 38 heavy (non-hydrogen) atoms. The lowest BCUT2D eigenvalue weighted by atomic mass is 10.0. The first-order chi connectivity index (χ1) is 18.5. The van der Waals surface area contributed by atoms with E-state index in [1.807, 2.05) is 36.4 Å². The zero-order valence-corrected chi connectivity index (χ0v) is 22.2. The Morgan fingerprint density at radius 3 is 2.66 bits per heavy atom. The number of para-hydroxylation sites is 1. The number of anilines is 1. The summed E-state index contributed by atoms with van der Waals surface area (Å²) in [6, 6.07) is 15.9. The second kappa shape index (κ2) is 11.7. The van der Waals surface area contributed by atoms with Crippen molar-refractivity contribution in [3.63, 3.8) is 0 Å². The SMILES string of the molecule is CNC(=O)COc1ccc(-c2nc3ncc(Cl)c(NC4CCN(Cc5ccccc5OC)CC4)c3[nH]2)cc1. The summed E-state index contributed by atoms with van der Waals surface area (Å²) in [5, 5.41) is 6.74. The van der Waals surface area contributed by atoms with E-state index < -0.39 is 0 Å². The number of ether oxygens (including phenoxy) is 2. The third-order valence-corrected chi connectivity index (χ3v) is 7.06. The van der Waals surface area contributed by atoms with Crippen molar-refractivity contribution in [2.24, 2.45) is 0 Å². The van der Waals surface area contributed by atoms with Crippen LogP contribution in [0.2, 0.25) is 5.02 Å². The van der Waals surface area contributed by atoms with Crippen LogP contribution in [0, 0.1) is 0 Å². The Kier molecular flexibility index (Phi) is 7.95. The van der Waals surface area contributed by atoms with E-state index in [-0.39, 0.29) is 18.6 Å². The molecule has 0 aliphatic carbocycles. The lowest BCUT2D eigenvalue weighted by molar-refractivity contribution is -0.122. The molecular formula is C28H31ClN6O3. The van der Waals surface area contributed by atoms with Crippen molar-refractivity contribution in [1.29, 1.82) is 0 Å². The first-order valence-electron chi connectivity index (χ1n) is 12.6. The molecule has 0 atom stereocenters. The minimum Gasteiger partial charge on any atom is -0.496 e. The van der Waals surface area contributed by atoms with Crippen LogP contribution >= 0.6 is 11.6 Å². The fourth-order valence-electron chi connectivity index (χ4n) is 4.66. The van der Waals surface area contributed by atoms with E-state index in [1.165, 1.54) is 5.56 Å². The number of likely N-dealkylation sites (N-methyl/N-ethyl adjacent to an activating group) is 1. The number of piperidine rings is 1. The molecule has 1 fully saturated rings. The number of carbonyl (C=O) groups is 1. The first kappa shape index (κ1) is 25.8. The van der Waals surface area contributed by atoms with Gasteiger partial charge in [-0.3, -0.25) is 9.69 Å². The first-order valence-corrected chi connectivity index (χ1v) is 13.0. The number of methoxy groups -OCH3 is 1. The number of nitrogens with zero attached hydrogens (tertiary/aromatic N) is 3. The van der Waals surface area contributed by atoms with Gasteiger partial charge in [0.25, 0.3) is 5.91 Å². The monoisotopic (exact) mass is 534 g/mol. The minimum atomic E-state index is -0.184. The number of rotatable bonds is 9. The van der Waals surface area contributed by atoms with Crippen molar-refractivity contribution in [1.82, 2.24) is 25.2 Å². The Balaban J connectivity index is 1.25. The van der Waals surface area contributed by atoms with Gasteiger partial charge in [-0.05, 0) is 43.2 Å². The number of likely N-dealkylation sites (tertiary alicyclic amines) is 1. The maximum atomic E-state index is 11.4. The predicted molar refractivity (Wildman–Crippen MR) is 149 cm³/mol. The highest BCUT2D eigenvalue weighted by Gasteiger charge is 2.22. The lowest BCUT2D eigenvalue weighted by Gasteiger charge is -2.33. The predicted octanol–water partition coefficient (Wildman–Crippen LogP) is 4.49. The van der Waals surface area contributed by atoms with E-state index in [1.54, 1.807) is 20.4 Å². The summed E-state index contributed by atoms with van der Waals surface area (Å²) in [6.07, 6.45) is 3.63. The van der Waals surface area contributed by atoms with Crippen LogP contribution in [0.5, 0.6) is 11.5 Å². The highest BCUT2D eigenvalue weighted by atomic mass is 35.5. The Bertz CT molecular complexity index is 1400. The zero-order chi connectivity index (χ0) is 26.5. The van der Waals surface area contributed by atoms with Crippen LogP contribution in [0.15, 0.2) is 54.7 Å². The van der Waals surface area contributed by atoms with E-state index in [0.29, 0.717) is 22.2 Å². The number of pyridine rings is 1. The molecule has 4 aromatic rings. The molecule has 3 heterocycles. The Hall–Kier alpha value is -3.82. The second-order valence-corrected chi connectivity index (χ2v) is 9.67. The quantitative estimate of drug-likeness (QED) is 0.290. The van der Waals surface area contributed by atoms with Gasteiger partial charge in [-0.15, -0.1) is 0 Å². The smallest absolute Gasteiger partial charge is 0.257 e. The fraction of sp³-hybridized carbons (Fsp3) is 0.321. The standard InChI is InChI=1S/C28H31ClN6O3/c1-30-24(36)17-38-21-9-7-18(8-10-21)27-33-26-25(22(29)15-31-28(26)34-27)32-20-11-13-35(14-12-20)16-19-5-3-4-6-23(19)37-2/h3-10,15,20H,11-14,16-17H2,1-2H3,(H,30,36)(H2,31,32,33,34). The van der Waals surface area contributed by atoms with Crippen LogP contribution in [0.4, 0.5) is 5.69 Å². The van der Waals surface area contributed by atoms with Gasteiger partial charge in [-0.1, -0.05) is 29.8 Å². The number of H-pyrrole nitrogens is 1. The molecule has 9 nitrogen and oxygen atoms in total. The van der Waals surface area contributed by atoms with Crippen molar-refractivity contribution in [2.75, 3.05) is 39.2 Å². The average Bonchev–Trinajstić information content (AvgIpc) is 3.39. The van der Waals surface area contributed by atoms with Crippen molar-refractivity contribution in [3.8, 4) is 22.9 Å². The Morgan fingerprint density at radius 1 is 1.16 bits per heavy atom. The van der Waals surface area contributed by atoms with Crippen molar-refractivity contribution >= 4 is 34.4 Å². The summed E-state index contributed by atoms with van der Waals surface area (Å²) in [4.78, 5) is 26.4. The number of amides is 1. The number of aromatic amines is 1. The molecule has 0 bridgehead atoms. The molecule has 1 aliphatic heterocycles. The summed E-state index contributed by atoms with van der Waals surface area (Å²) in [5.74, 6) is 2.03. The van der Waals surface area contributed by atoms with Gasteiger partial charge in [-0.2, -0.15) is 0 Å². The fourth-order valence-corrected chi connectivity index (χ4v) is 4.85. The molecular weight excluding hydrogens is 504 g/mol. The molecule has 5 rings (SSSR count). The largest absolute Gasteiger partial charge is 0.496 e. The summed E-state index contributed by atoms with van der Waals surface area (Å²) >= 11 is 6.59. The minimum absolute atomic E-state index is 0.0304. The number of nitrogens with one attached hydrogen (secondary N) is 3. The summed E-state index contributed by atoms with van der Waals surface area (Å²) in [6.45, 7) is 2.79. The van der Waals surface area contributed by atoms with E-state index in [9.17, 15) is 4.79 Å². The van der Waals surface area contributed by atoms with Gasteiger partial charge in [0, 0.05) is 43.9 Å². The number of carbonyl (C=O) groups excluding carboxylic acids is 1. The molecule has 0 radical (unpaired) electrons. The average molecular weight is 535 g/mol. The topological polar surface area (TPSA) is 104 Å². The number of hydrogen-bond acceptors (Lipinski definition) is 7. The molecule has 3 N–H and O–H groups in total. The van der Waals surface area contributed by atoms with Gasteiger partial charge in [-0.25, -0.2) is 9.97 Å². The van der Waals surface area contributed by atoms with E-state index >= 15 is 0 Å². The number of halogens is 1. The van der Waals surface area contributed by atoms with E-state index in [4.69, 9.17) is 21.1 Å². The molecule has 1 aliphatic rings. The molecule has 0 spiro atoms. The lowest BCUT2D eigenvalue weighted by Crippen LogP contribution is -2.38. The molecule has 10 heteroatoms. The second-order valence-electron chi connectivity index (χ2n) is 9.26.